The Morgan fingerprint density at radius 2 is 1.80 bits per heavy atom. The van der Waals surface area contributed by atoms with Gasteiger partial charge in [0.2, 0.25) is 5.75 Å². The van der Waals surface area contributed by atoms with E-state index in [0.717, 1.165) is 34.4 Å². The first-order chi connectivity index (χ1) is 21.1. The normalized spacial score (nSPS) is 14.5. The number of hydrogen-bond acceptors (Lipinski definition) is 11. The van der Waals surface area contributed by atoms with Gasteiger partial charge in [0.05, 0.1) is 44.4 Å². The summed E-state index contributed by atoms with van der Waals surface area (Å²) < 4.78 is 12.9. The van der Waals surface area contributed by atoms with Gasteiger partial charge in [-0.2, -0.15) is 0 Å². The van der Waals surface area contributed by atoms with E-state index in [1.807, 2.05) is 30.5 Å². The Labute approximate surface area is 257 Å². The van der Waals surface area contributed by atoms with Crippen LogP contribution in [0.15, 0.2) is 92.7 Å². The maximum Gasteiger partial charge on any atom is 0.338 e. The van der Waals surface area contributed by atoms with Crippen LogP contribution in [0, 0.1) is 20.2 Å². The fourth-order valence-corrected chi connectivity index (χ4v) is 6.14. The van der Waals surface area contributed by atoms with Crippen LogP contribution in [0.5, 0.6) is 11.5 Å². The monoisotopic (exact) mass is 632 g/mol. The van der Waals surface area contributed by atoms with Crippen molar-refractivity contribution in [3.63, 3.8) is 0 Å². The van der Waals surface area contributed by atoms with Crippen molar-refractivity contribution in [2.45, 2.75) is 24.8 Å². The molecule has 1 aliphatic rings. The fourth-order valence-electron chi connectivity index (χ4n) is 4.69. The van der Waals surface area contributed by atoms with Crippen LogP contribution in [-0.2, 0) is 9.53 Å². The molecule has 0 saturated carbocycles. The number of carbonyl (C=O) groups is 1. The number of carbonyl (C=O) groups excluding carboxylic acids is 1. The predicted octanol–water partition coefficient (Wildman–Crippen LogP) is 5.13. The van der Waals surface area contributed by atoms with Crippen molar-refractivity contribution in [2.24, 2.45) is 4.99 Å². The van der Waals surface area contributed by atoms with Crippen molar-refractivity contribution in [3.8, 4) is 11.5 Å². The minimum absolute atomic E-state index is 0.155. The number of nitro groups is 2. The molecule has 5 rings (SSSR count). The maximum absolute atomic E-state index is 14.0. The van der Waals surface area contributed by atoms with Gasteiger partial charge < -0.3 is 9.47 Å². The highest BCUT2D eigenvalue weighted by Crippen LogP contribution is 2.36. The lowest BCUT2D eigenvalue weighted by atomic mass is 9.96. The van der Waals surface area contributed by atoms with E-state index in [-0.39, 0.29) is 28.2 Å². The molecule has 3 aromatic carbocycles. The van der Waals surface area contributed by atoms with Crippen LogP contribution in [0.3, 0.4) is 0 Å². The Hall–Kier alpha value is -5.08. The molecule has 0 saturated heterocycles. The summed E-state index contributed by atoms with van der Waals surface area (Å²) >= 11 is 2.69. The summed E-state index contributed by atoms with van der Waals surface area (Å²) in [5.74, 6) is -0.584. The number of allylic oxidation sites excluding steroid dienone is 1. The summed E-state index contributed by atoms with van der Waals surface area (Å²) in [6, 6.07) is 16.5. The Balaban J connectivity index is 1.63. The number of para-hydroxylation sites is 1. The van der Waals surface area contributed by atoms with E-state index >= 15 is 0 Å². The molecule has 12 nitrogen and oxygen atoms in total. The number of fused-ring (bicyclic) bond motifs is 1. The number of non-ortho nitro benzene ring substituents is 1. The minimum Gasteiger partial charge on any atom is -0.463 e. The van der Waals surface area contributed by atoms with Crippen molar-refractivity contribution in [2.75, 3.05) is 12.9 Å². The van der Waals surface area contributed by atoms with Gasteiger partial charge in [0.1, 0.15) is 5.75 Å². The zero-order chi connectivity index (χ0) is 31.5. The van der Waals surface area contributed by atoms with Crippen LogP contribution >= 0.6 is 23.1 Å². The molecule has 0 unspecified atom stereocenters. The van der Waals surface area contributed by atoms with Gasteiger partial charge in [0.15, 0.2) is 4.80 Å². The maximum atomic E-state index is 14.0. The van der Waals surface area contributed by atoms with E-state index < -0.39 is 38.8 Å². The van der Waals surface area contributed by atoms with Gasteiger partial charge in [-0.25, -0.2) is 9.79 Å². The zero-order valence-electron chi connectivity index (χ0n) is 23.6. The molecule has 0 radical (unpaired) electrons. The number of esters is 1. The van der Waals surface area contributed by atoms with Crippen LogP contribution in [0.2, 0.25) is 0 Å². The summed E-state index contributed by atoms with van der Waals surface area (Å²) in [4.78, 5) is 54.4. The molecule has 0 amide bonds. The fraction of sp³-hybridized carbons (Fsp3) is 0.167. The van der Waals surface area contributed by atoms with Crippen molar-refractivity contribution in [1.82, 2.24) is 4.57 Å². The topological polar surface area (TPSA) is 156 Å². The summed E-state index contributed by atoms with van der Waals surface area (Å²) in [5, 5.41) is 22.8. The number of hydrogen-bond donors (Lipinski definition) is 0. The number of aromatic nitrogens is 1. The van der Waals surface area contributed by atoms with Gasteiger partial charge in [0.25, 0.3) is 11.2 Å². The zero-order valence-corrected chi connectivity index (χ0v) is 25.2. The molecule has 224 valence electrons. The molecule has 0 spiro atoms. The summed E-state index contributed by atoms with van der Waals surface area (Å²) in [6.45, 7) is 3.56. The van der Waals surface area contributed by atoms with Crippen LogP contribution in [0.25, 0.3) is 6.08 Å². The lowest BCUT2D eigenvalue weighted by Gasteiger charge is -2.24. The van der Waals surface area contributed by atoms with Gasteiger partial charge in [-0.15, -0.1) is 11.8 Å². The van der Waals surface area contributed by atoms with Gasteiger partial charge in [-0.05, 0) is 56.0 Å². The molecule has 1 aromatic heterocycles. The van der Waals surface area contributed by atoms with E-state index in [1.54, 1.807) is 56.0 Å². The molecule has 0 aliphatic carbocycles. The molecule has 0 bridgehead atoms. The predicted molar refractivity (Wildman–Crippen MR) is 165 cm³/mol. The third-order valence-corrected chi connectivity index (χ3v) is 8.45. The number of nitro benzene ring substituents is 2. The number of ether oxygens (including phenoxy) is 2. The first kappa shape index (κ1) is 30.4. The standard InChI is InChI=1S/C30H24N4O8S2/c1-4-41-29(36)26-17(2)31-30-32(27(26)18-9-12-21(43-3)13-10-18)28(35)25(44-30)15-19-7-5-6-8-23(19)42-24-14-11-20(33(37)38)16-22(24)34(39)40/h5-16,27H,4H2,1-3H3/b25-15-/t27-/m0/s1. The van der Waals surface area contributed by atoms with Crippen LogP contribution in [0.1, 0.15) is 31.0 Å². The number of benzene rings is 3. The Morgan fingerprint density at radius 1 is 1.07 bits per heavy atom. The van der Waals surface area contributed by atoms with Crippen LogP contribution < -0.4 is 19.6 Å². The SMILES string of the molecule is CCOC(=O)C1=C(C)N=c2s/c(=C\c3ccccc3Oc3ccc([N+](=O)[O-])cc3[N+](=O)[O-])c(=O)n2[C@H]1c1ccc(SC)cc1. The highest BCUT2D eigenvalue weighted by Gasteiger charge is 2.33. The molecular formula is C30H24N4O8S2. The highest BCUT2D eigenvalue weighted by atomic mass is 32.2. The van der Waals surface area contributed by atoms with Crippen molar-refractivity contribution < 1.29 is 24.1 Å². The van der Waals surface area contributed by atoms with Gasteiger partial charge in [-0.3, -0.25) is 29.6 Å². The third kappa shape index (κ3) is 5.89. The second kappa shape index (κ2) is 12.7. The first-order valence-corrected chi connectivity index (χ1v) is 15.2. The largest absolute Gasteiger partial charge is 0.463 e. The molecule has 0 N–H and O–H groups in total. The van der Waals surface area contributed by atoms with E-state index in [1.165, 1.54) is 4.57 Å². The molecule has 0 fully saturated rings. The summed E-state index contributed by atoms with van der Waals surface area (Å²) in [6.07, 6.45) is 3.53. The van der Waals surface area contributed by atoms with Gasteiger partial charge in [-0.1, -0.05) is 41.7 Å². The number of nitrogens with zero attached hydrogens (tertiary/aromatic N) is 4. The second-order valence-electron chi connectivity index (χ2n) is 9.38. The molecule has 44 heavy (non-hydrogen) atoms. The highest BCUT2D eigenvalue weighted by molar-refractivity contribution is 7.98. The number of rotatable bonds is 9. The van der Waals surface area contributed by atoms with E-state index in [2.05, 4.69) is 4.99 Å². The third-order valence-electron chi connectivity index (χ3n) is 6.72. The second-order valence-corrected chi connectivity index (χ2v) is 11.3. The number of thioether (sulfide) groups is 1. The quantitative estimate of drug-likeness (QED) is 0.106. The molecule has 4 aromatic rings. The Bertz CT molecular complexity index is 2020. The van der Waals surface area contributed by atoms with Crippen LogP contribution in [0.4, 0.5) is 11.4 Å². The molecule has 1 aliphatic heterocycles. The van der Waals surface area contributed by atoms with Crippen molar-refractivity contribution >= 4 is 46.5 Å². The van der Waals surface area contributed by atoms with Crippen molar-refractivity contribution in [1.29, 1.82) is 0 Å². The lowest BCUT2D eigenvalue weighted by molar-refractivity contribution is -0.394. The van der Waals surface area contributed by atoms with E-state index in [0.29, 0.717) is 21.6 Å². The van der Waals surface area contributed by atoms with Gasteiger partial charge in [0, 0.05) is 16.5 Å². The Morgan fingerprint density at radius 3 is 2.45 bits per heavy atom. The van der Waals surface area contributed by atoms with E-state index in [9.17, 15) is 29.8 Å². The summed E-state index contributed by atoms with van der Waals surface area (Å²) in [5.41, 5.74) is 0.394. The molecule has 2 heterocycles. The molecule has 1 atom stereocenters. The Kier molecular flexibility index (Phi) is 8.73. The van der Waals surface area contributed by atoms with Crippen molar-refractivity contribution in [3.05, 3.63) is 129 Å². The average molecular weight is 633 g/mol. The van der Waals surface area contributed by atoms with Crippen LogP contribution in [-0.4, -0.2) is 33.2 Å². The first-order valence-electron chi connectivity index (χ1n) is 13.2. The lowest BCUT2D eigenvalue weighted by Crippen LogP contribution is -2.39. The van der Waals surface area contributed by atoms with E-state index in [4.69, 9.17) is 9.47 Å². The summed E-state index contributed by atoms with van der Waals surface area (Å²) in [7, 11) is 0. The molecule has 14 heteroatoms. The van der Waals surface area contributed by atoms with Gasteiger partial charge >= 0.3 is 11.7 Å². The smallest absolute Gasteiger partial charge is 0.338 e. The number of thiazole rings is 1. The minimum atomic E-state index is -0.780. The molecular weight excluding hydrogens is 608 g/mol. The average Bonchev–Trinajstić information content (AvgIpc) is 3.31.